The van der Waals surface area contributed by atoms with Gasteiger partial charge in [0, 0.05) is 6.42 Å². The summed E-state index contributed by atoms with van der Waals surface area (Å²) >= 11 is 0. The first kappa shape index (κ1) is 70.0. The highest BCUT2D eigenvalue weighted by Crippen LogP contribution is 2.38. The number of likely N-dealkylation sites (N-methyl/N-ethyl adjacent to an activating group) is 1. The zero-order valence-electron chi connectivity index (χ0n) is 48.2. The number of nitrogens with one attached hydrogen (secondary N) is 1. The smallest absolute Gasteiger partial charge is 0.268 e. The van der Waals surface area contributed by atoms with Crippen LogP contribution < -0.4 is 10.2 Å². The number of unbranched alkanes of at least 4 members (excludes halogenated alkanes) is 43. The lowest BCUT2D eigenvalue weighted by Crippen LogP contribution is -2.45. The van der Waals surface area contributed by atoms with E-state index < -0.39 is 20.0 Å². The molecule has 0 saturated carbocycles. The first-order valence-electron chi connectivity index (χ1n) is 31.2. The van der Waals surface area contributed by atoms with Crippen molar-refractivity contribution in [2.45, 2.75) is 328 Å². The molecule has 0 rings (SSSR count). The summed E-state index contributed by atoms with van der Waals surface area (Å²) in [5.74, 6) is -0.201. The highest BCUT2D eigenvalue weighted by molar-refractivity contribution is 7.45. The monoisotopic (exact) mass is 1020 g/mol. The summed E-state index contributed by atoms with van der Waals surface area (Å²) in [5, 5.41) is 13.8. The minimum absolute atomic E-state index is 0.00389. The number of nitrogens with zero attached hydrogens (tertiary/aromatic N) is 1. The van der Waals surface area contributed by atoms with Crippen molar-refractivity contribution in [3.63, 3.8) is 0 Å². The second-order valence-electron chi connectivity index (χ2n) is 22.8. The minimum atomic E-state index is -4.60. The Balaban J connectivity index is 3.94. The quantitative estimate of drug-likeness (QED) is 0.0272. The second kappa shape index (κ2) is 53.8. The molecule has 3 atom stereocenters. The molecule has 2 N–H and O–H groups in total. The van der Waals surface area contributed by atoms with E-state index in [2.05, 4.69) is 31.3 Å². The molecule has 0 aliphatic carbocycles. The van der Waals surface area contributed by atoms with Crippen LogP contribution in [0, 0.1) is 0 Å². The van der Waals surface area contributed by atoms with Crippen LogP contribution >= 0.6 is 7.82 Å². The van der Waals surface area contributed by atoms with Gasteiger partial charge in [-0.2, -0.15) is 0 Å². The van der Waals surface area contributed by atoms with Crippen LogP contribution in [-0.2, 0) is 18.4 Å². The normalized spacial score (nSPS) is 14.0. The number of hydrogen-bond donors (Lipinski definition) is 2. The van der Waals surface area contributed by atoms with Crippen molar-refractivity contribution in [2.75, 3.05) is 40.9 Å². The highest BCUT2D eigenvalue weighted by atomic mass is 31.2. The van der Waals surface area contributed by atoms with Crippen LogP contribution in [0.3, 0.4) is 0 Å². The van der Waals surface area contributed by atoms with Crippen molar-refractivity contribution in [3.8, 4) is 0 Å². The molecule has 0 heterocycles. The third-order valence-electron chi connectivity index (χ3n) is 14.4. The maximum atomic E-state index is 13.0. The molecule has 9 heteroatoms. The molecule has 0 radical (unpaired) electrons. The zero-order chi connectivity index (χ0) is 52.0. The van der Waals surface area contributed by atoms with E-state index in [4.69, 9.17) is 9.05 Å². The van der Waals surface area contributed by atoms with Crippen LogP contribution in [0.5, 0.6) is 0 Å². The number of carbonyl (C=O) groups is 1. The fraction of sp³-hybridized carbons (Fsp3) is 0.919. The van der Waals surface area contributed by atoms with Crippen LogP contribution in [0.25, 0.3) is 0 Å². The van der Waals surface area contributed by atoms with Gasteiger partial charge < -0.3 is 28.8 Å². The van der Waals surface area contributed by atoms with Crippen molar-refractivity contribution in [1.29, 1.82) is 0 Å². The number of rotatable bonds is 58. The van der Waals surface area contributed by atoms with E-state index >= 15 is 0 Å². The molecular weight excluding hydrogens is 900 g/mol. The molecule has 71 heavy (non-hydrogen) atoms. The van der Waals surface area contributed by atoms with E-state index in [1.807, 2.05) is 27.2 Å². The number of carbonyl (C=O) groups excluding carboxylic acids is 1. The molecule has 0 aromatic carbocycles. The molecule has 422 valence electrons. The van der Waals surface area contributed by atoms with Crippen LogP contribution in [-0.4, -0.2) is 68.5 Å². The second-order valence-corrected chi connectivity index (χ2v) is 24.2. The van der Waals surface area contributed by atoms with E-state index in [0.717, 1.165) is 38.5 Å². The van der Waals surface area contributed by atoms with Crippen molar-refractivity contribution >= 4 is 13.7 Å². The van der Waals surface area contributed by atoms with E-state index in [1.54, 1.807) is 6.08 Å². The third kappa shape index (κ3) is 56.5. The summed E-state index contributed by atoms with van der Waals surface area (Å²) in [5.41, 5.74) is 0. The summed E-state index contributed by atoms with van der Waals surface area (Å²) in [6, 6.07) is -0.899. The van der Waals surface area contributed by atoms with Gasteiger partial charge in [0.15, 0.2) is 0 Å². The number of phosphoric acid groups is 1. The molecule has 3 unspecified atom stereocenters. The molecule has 0 fully saturated rings. The predicted molar refractivity (Wildman–Crippen MR) is 307 cm³/mol. The summed E-state index contributed by atoms with van der Waals surface area (Å²) in [4.78, 5) is 25.5. The van der Waals surface area contributed by atoms with Gasteiger partial charge in [0.2, 0.25) is 5.91 Å². The Morgan fingerprint density at radius 3 is 1.14 bits per heavy atom. The lowest BCUT2D eigenvalue weighted by Gasteiger charge is -2.29. The van der Waals surface area contributed by atoms with E-state index in [-0.39, 0.29) is 19.1 Å². The van der Waals surface area contributed by atoms with Crippen molar-refractivity contribution < 1.29 is 32.9 Å². The Labute approximate surface area is 443 Å². The molecule has 1 amide bonds. The average Bonchev–Trinajstić information content (AvgIpc) is 3.33. The van der Waals surface area contributed by atoms with Gasteiger partial charge in [-0.05, 0) is 32.1 Å². The molecule has 0 aliphatic rings. The lowest BCUT2D eigenvalue weighted by atomic mass is 10.0. The predicted octanol–water partition coefficient (Wildman–Crippen LogP) is 18.5. The van der Waals surface area contributed by atoms with Crippen molar-refractivity contribution in [2.24, 2.45) is 0 Å². The molecule has 0 saturated heterocycles. The van der Waals surface area contributed by atoms with Gasteiger partial charge in [0.1, 0.15) is 13.2 Å². The highest BCUT2D eigenvalue weighted by Gasteiger charge is 2.23. The van der Waals surface area contributed by atoms with Crippen LogP contribution in [0.15, 0.2) is 24.3 Å². The lowest BCUT2D eigenvalue weighted by molar-refractivity contribution is -0.870. The van der Waals surface area contributed by atoms with Gasteiger partial charge in [0.25, 0.3) is 7.82 Å². The van der Waals surface area contributed by atoms with Crippen LogP contribution in [0.4, 0.5) is 0 Å². The van der Waals surface area contributed by atoms with Gasteiger partial charge >= 0.3 is 0 Å². The Morgan fingerprint density at radius 2 is 0.789 bits per heavy atom. The maximum absolute atomic E-state index is 13.0. The van der Waals surface area contributed by atoms with E-state index in [9.17, 15) is 19.4 Å². The molecule has 0 bridgehead atoms. The molecule has 0 spiro atoms. The van der Waals surface area contributed by atoms with Crippen LogP contribution in [0.2, 0.25) is 0 Å². The Morgan fingerprint density at radius 1 is 0.479 bits per heavy atom. The largest absolute Gasteiger partial charge is 0.756 e. The van der Waals surface area contributed by atoms with Gasteiger partial charge in [0.05, 0.1) is 39.9 Å². The number of hydrogen-bond acceptors (Lipinski definition) is 6. The number of aliphatic hydroxyl groups excluding tert-OH is 1. The molecule has 0 aromatic heterocycles. The summed E-state index contributed by atoms with van der Waals surface area (Å²) < 4.78 is 23.3. The van der Waals surface area contributed by atoms with E-state index in [0.29, 0.717) is 17.4 Å². The number of allylic oxidation sites excluding steroid dienone is 3. The maximum Gasteiger partial charge on any atom is 0.268 e. The Hall–Kier alpha value is -1.02. The summed E-state index contributed by atoms with van der Waals surface area (Å²) in [6.45, 7) is 4.66. The molecular formula is C62H123N2O6P. The number of quaternary nitrogens is 1. The Bertz CT molecular complexity index is 1210. The fourth-order valence-electron chi connectivity index (χ4n) is 9.53. The van der Waals surface area contributed by atoms with E-state index in [1.165, 1.54) is 257 Å². The molecule has 8 nitrogen and oxygen atoms in total. The Kier molecular flexibility index (Phi) is 53.0. The third-order valence-corrected chi connectivity index (χ3v) is 15.4. The standard InChI is InChI=1S/C62H123N2O6P/c1-6-8-10-12-14-16-18-20-22-23-24-25-26-27-28-29-30-31-32-33-34-35-36-37-38-39-40-41-42-44-46-48-50-52-54-56-62(66)63-60(59-70-71(67,68)69-58-57-64(3,4)5)61(65)55-53-51-49-47-45-43-21-19-17-15-13-11-9-7-2/h45,47,53,55,60-61,65H,6-44,46,48-52,54,56-59H2,1-5H3,(H-,63,66,67,68)/b47-45+,55-53+. The molecule has 0 aromatic rings. The zero-order valence-corrected chi connectivity index (χ0v) is 49.1. The van der Waals surface area contributed by atoms with Gasteiger partial charge in [-0.15, -0.1) is 0 Å². The molecule has 0 aliphatic heterocycles. The van der Waals surface area contributed by atoms with Crippen molar-refractivity contribution in [3.05, 3.63) is 24.3 Å². The van der Waals surface area contributed by atoms with Gasteiger partial charge in [-0.1, -0.05) is 301 Å². The summed E-state index contributed by atoms with van der Waals surface area (Å²) in [6.07, 6.45) is 68.7. The average molecular weight is 1020 g/mol. The number of phosphoric ester groups is 1. The summed E-state index contributed by atoms with van der Waals surface area (Å²) in [7, 11) is 1.26. The number of amides is 1. The van der Waals surface area contributed by atoms with Gasteiger partial charge in [-0.25, -0.2) is 0 Å². The SMILES string of the molecule is CCCCCCCCCC/C=C/CC/C=C/C(O)C(COP(=O)([O-])OCC[N+](C)(C)C)NC(=O)CCCCCCCCCCCCCCCCCCCCCCCCCCCCCCCCCCCCC. The first-order chi connectivity index (χ1) is 34.5. The van der Waals surface area contributed by atoms with Gasteiger partial charge in [-0.3, -0.25) is 9.36 Å². The topological polar surface area (TPSA) is 108 Å². The first-order valence-corrected chi connectivity index (χ1v) is 32.7. The van der Waals surface area contributed by atoms with Crippen molar-refractivity contribution in [1.82, 2.24) is 5.32 Å². The minimum Gasteiger partial charge on any atom is -0.756 e. The van der Waals surface area contributed by atoms with Crippen LogP contribution in [0.1, 0.15) is 316 Å². The number of aliphatic hydroxyl groups is 1. The fourth-order valence-corrected chi connectivity index (χ4v) is 10.2.